The molecule has 1 amide bonds. The van der Waals surface area contributed by atoms with Crippen LogP contribution in [0.25, 0.3) is 16.0 Å². The molecule has 3 heterocycles. The van der Waals surface area contributed by atoms with E-state index in [0.717, 1.165) is 53.4 Å². The van der Waals surface area contributed by atoms with Crippen molar-refractivity contribution in [1.82, 2.24) is 19.6 Å². The second kappa shape index (κ2) is 8.05. The maximum absolute atomic E-state index is 12.8. The minimum Gasteiger partial charge on any atom is -0.377 e. The summed E-state index contributed by atoms with van der Waals surface area (Å²) in [4.78, 5) is 20.9. The molecule has 0 bridgehead atoms. The summed E-state index contributed by atoms with van der Waals surface area (Å²) in [6.07, 6.45) is 4.58. The Labute approximate surface area is 175 Å². The van der Waals surface area contributed by atoms with E-state index < -0.39 is 0 Å². The zero-order chi connectivity index (χ0) is 20.6. The monoisotopic (exact) mass is 414 g/mol. The molecule has 0 radical (unpaired) electrons. The van der Waals surface area contributed by atoms with Crippen LogP contribution in [0.1, 0.15) is 48.8 Å². The molecule has 7 heteroatoms. The molecular formula is C22H30N4O2S. The van der Waals surface area contributed by atoms with Crippen molar-refractivity contribution in [2.24, 2.45) is 5.41 Å². The molecule has 3 aromatic rings. The molecule has 0 saturated carbocycles. The van der Waals surface area contributed by atoms with Crippen molar-refractivity contribution in [3.8, 4) is 0 Å². The standard InChI is InChI=1S/C22H30N4O2S/c1-22(2,3)14-25(4)20(27)19-13-26-18-10-15(7-8-17(18)24-21(26)29-19)11-23-12-16-6-5-9-28-16/h7-8,10,13,16,23H,5-6,9,11-12,14H2,1-4H3/t16-/m1/s1. The number of carbonyl (C=O) groups is 1. The van der Waals surface area contributed by atoms with Gasteiger partial charge in [-0.1, -0.05) is 38.2 Å². The Morgan fingerprint density at radius 3 is 2.97 bits per heavy atom. The predicted octanol–water partition coefficient (Wildman–Crippen LogP) is 3.94. The van der Waals surface area contributed by atoms with Gasteiger partial charge in [0.1, 0.15) is 4.88 Å². The van der Waals surface area contributed by atoms with Gasteiger partial charge in [0.15, 0.2) is 4.96 Å². The first kappa shape index (κ1) is 20.3. The van der Waals surface area contributed by atoms with Crippen molar-refractivity contribution in [3.63, 3.8) is 0 Å². The highest BCUT2D eigenvalue weighted by atomic mass is 32.1. The molecule has 1 aromatic carbocycles. The van der Waals surface area contributed by atoms with Crippen molar-refractivity contribution in [2.75, 3.05) is 26.7 Å². The fraction of sp³-hybridized carbons (Fsp3) is 0.545. The van der Waals surface area contributed by atoms with E-state index in [1.54, 1.807) is 4.90 Å². The van der Waals surface area contributed by atoms with Gasteiger partial charge in [-0.15, -0.1) is 0 Å². The molecule has 156 valence electrons. The second-order valence-electron chi connectivity index (χ2n) is 9.17. The number of benzene rings is 1. The van der Waals surface area contributed by atoms with Gasteiger partial charge in [-0.2, -0.15) is 0 Å². The molecule has 29 heavy (non-hydrogen) atoms. The largest absolute Gasteiger partial charge is 0.377 e. The van der Waals surface area contributed by atoms with Crippen LogP contribution in [-0.2, 0) is 11.3 Å². The highest BCUT2D eigenvalue weighted by Gasteiger charge is 2.22. The van der Waals surface area contributed by atoms with Gasteiger partial charge >= 0.3 is 0 Å². The molecule has 1 aliphatic heterocycles. The number of nitrogens with one attached hydrogen (secondary N) is 1. The molecule has 0 unspecified atom stereocenters. The minimum atomic E-state index is 0.0537. The smallest absolute Gasteiger partial charge is 0.265 e. The summed E-state index contributed by atoms with van der Waals surface area (Å²) in [5, 5.41) is 3.50. The van der Waals surface area contributed by atoms with E-state index >= 15 is 0 Å². The minimum absolute atomic E-state index is 0.0537. The summed E-state index contributed by atoms with van der Waals surface area (Å²) >= 11 is 1.45. The van der Waals surface area contributed by atoms with E-state index in [9.17, 15) is 4.79 Å². The first-order valence-corrected chi connectivity index (χ1v) is 11.1. The van der Waals surface area contributed by atoms with E-state index in [4.69, 9.17) is 9.72 Å². The summed E-state index contributed by atoms with van der Waals surface area (Å²) in [7, 11) is 1.87. The van der Waals surface area contributed by atoms with E-state index in [1.165, 1.54) is 16.9 Å². The van der Waals surface area contributed by atoms with E-state index in [0.29, 0.717) is 12.6 Å². The summed E-state index contributed by atoms with van der Waals surface area (Å²) in [6.45, 7) is 9.70. The van der Waals surface area contributed by atoms with Crippen molar-refractivity contribution in [2.45, 2.75) is 46.3 Å². The van der Waals surface area contributed by atoms with Crippen LogP contribution in [0.15, 0.2) is 24.4 Å². The third-order valence-corrected chi connectivity index (χ3v) is 6.13. The molecule has 1 aliphatic rings. The zero-order valence-electron chi connectivity index (χ0n) is 17.7. The maximum atomic E-state index is 12.8. The van der Waals surface area contributed by atoms with E-state index in [2.05, 4.69) is 44.3 Å². The van der Waals surface area contributed by atoms with Gasteiger partial charge in [0.25, 0.3) is 5.91 Å². The van der Waals surface area contributed by atoms with Crippen LogP contribution in [0, 0.1) is 5.41 Å². The molecule has 0 spiro atoms. The van der Waals surface area contributed by atoms with Gasteiger partial charge in [0.05, 0.1) is 17.1 Å². The number of ether oxygens (including phenoxy) is 1. The second-order valence-corrected chi connectivity index (χ2v) is 10.2. The first-order chi connectivity index (χ1) is 13.8. The molecule has 6 nitrogen and oxygen atoms in total. The lowest BCUT2D eigenvalue weighted by atomic mass is 9.96. The zero-order valence-corrected chi connectivity index (χ0v) is 18.5. The van der Waals surface area contributed by atoms with Gasteiger partial charge in [-0.05, 0) is 36.0 Å². The highest BCUT2D eigenvalue weighted by molar-refractivity contribution is 7.18. The SMILES string of the molecule is CN(CC(C)(C)C)C(=O)c1cn2c(nc3ccc(CNC[C@H]4CCCO4)cc32)s1. The van der Waals surface area contributed by atoms with Gasteiger partial charge in [0, 0.05) is 39.5 Å². The van der Waals surface area contributed by atoms with Crippen LogP contribution >= 0.6 is 11.3 Å². The number of carbonyl (C=O) groups excluding carboxylic acids is 1. The number of thiazole rings is 1. The highest BCUT2D eigenvalue weighted by Crippen LogP contribution is 2.26. The number of amides is 1. The third kappa shape index (κ3) is 4.63. The number of aromatic nitrogens is 2. The number of fused-ring (bicyclic) bond motifs is 3. The topological polar surface area (TPSA) is 58.9 Å². The maximum Gasteiger partial charge on any atom is 0.265 e. The van der Waals surface area contributed by atoms with Crippen molar-refractivity contribution in [3.05, 3.63) is 34.8 Å². The molecule has 1 N–H and O–H groups in total. The van der Waals surface area contributed by atoms with Crippen LogP contribution in [0.4, 0.5) is 0 Å². The number of nitrogens with zero attached hydrogens (tertiary/aromatic N) is 3. The average molecular weight is 415 g/mol. The summed E-state index contributed by atoms with van der Waals surface area (Å²) in [5.41, 5.74) is 3.28. The van der Waals surface area contributed by atoms with Crippen LogP contribution in [0.2, 0.25) is 0 Å². The lowest BCUT2D eigenvalue weighted by Gasteiger charge is -2.26. The van der Waals surface area contributed by atoms with Crippen LogP contribution in [0.5, 0.6) is 0 Å². The van der Waals surface area contributed by atoms with Crippen LogP contribution in [0.3, 0.4) is 0 Å². The number of hydrogen-bond acceptors (Lipinski definition) is 5. The first-order valence-electron chi connectivity index (χ1n) is 10.3. The quantitative estimate of drug-likeness (QED) is 0.664. The molecule has 1 saturated heterocycles. The number of rotatable bonds is 6. The fourth-order valence-electron chi connectivity index (χ4n) is 3.92. The molecule has 1 fully saturated rings. The summed E-state index contributed by atoms with van der Waals surface area (Å²) in [5.74, 6) is 0.0537. The Hall–Kier alpha value is -1.96. The van der Waals surface area contributed by atoms with Crippen LogP contribution in [-0.4, -0.2) is 53.0 Å². The predicted molar refractivity (Wildman–Crippen MR) is 118 cm³/mol. The van der Waals surface area contributed by atoms with Crippen molar-refractivity contribution < 1.29 is 9.53 Å². The number of imidazole rings is 1. The Morgan fingerprint density at radius 1 is 1.41 bits per heavy atom. The average Bonchev–Trinajstić information content (AvgIpc) is 3.35. The van der Waals surface area contributed by atoms with E-state index in [1.807, 2.05) is 17.6 Å². The Kier molecular flexibility index (Phi) is 5.64. The fourth-order valence-corrected chi connectivity index (χ4v) is 4.91. The number of hydrogen-bond donors (Lipinski definition) is 1. The Bertz CT molecular complexity index is 1010. The van der Waals surface area contributed by atoms with Crippen LogP contribution < -0.4 is 5.32 Å². The summed E-state index contributed by atoms with van der Waals surface area (Å²) < 4.78 is 7.71. The summed E-state index contributed by atoms with van der Waals surface area (Å²) in [6, 6.07) is 6.34. The normalized spacial score (nSPS) is 17.4. The van der Waals surface area contributed by atoms with Crippen molar-refractivity contribution in [1.29, 1.82) is 0 Å². The molecule has 1 atom stereocenters. The van der Waals surface area contributed by atoms with Gasteiger partial charge in [-0.3, -0.25) is 9.20 Å². The van der Waals surface area contributed by atoms with Gasteiger partial charge < -0.3 is 15.0 Å². The molecule has 4 rings (SSSR count). The van der Waals surface area contributed by atoms with Crippen molar-refractivity contribution >= 4 is 33.2 Å². The molecular weight excluding hydrogens is 384 g/mol. The van der Waals surface area contributed by atoms with E-state index in [-0.39, 0.29) is 11.3 Å². The third-order valence-electron chi connectivity index (χ3n) is 5.16. The molecule has 0 aliphatic carbocycles. The van der Waals surface area contributed by atoms with Gasteiger partial charge in [-0.25, -0.2) is 4.98 Å². The lowest BCUT2D eigenvalue weighted by Crippen LogP contribution is -2.34. The van der Waals surface area contributed by atoms with Gasteiger partial charge in [0.2, 0.25) is 0 Å². The lowest BCUT2D eigenvalue weighted by molar-refractivity contribution is 0.0750. The Balaban J connectivity index is 1.51. The molecule has 2 aromatic heterocycles. The Morgan fingerprint density at radius 2 is 2.24 bits per heavy atom.